The lowest BCUT2D eigenvalue weighted by molar-refractivity contribution is -0.123. The van der Waals surface area contributed by atoms with Gasteiger partial charge >= 0.3 is 0 Å². The van der Waals surface area contributed by atoms with E-state index in [1.165, 1.54) is 0 Å². The minimum absolute atomic E-state index is 0.123. The number of carbonyl (C=O) groups excluding carboxylic acids is 1. The summed E-state index contributed by atoms with van der Waals surface area (Å²) < 4.78 is 17.7. The molecule has 1 aromatic carbocycles. The predicted molar refractivity (Wildman–Crippen MR) is 93.9 cm³/mol. The zero-order valence-corrected chi connectivity index (χ0v) is 14.4. The molecular weight excluding hydrogens is 350 g/mol. The van der Waals surface area contributed by atoms with Gasteiger partial charge in [-0.3, -0.25) is 9.36 Å². The molecule has 1 amide bonds. The highest BCUT2D eigenvalue weighted by Crippen LogP contribution is 2.32. The van der Waals surface area contributed by atoms with Crippen LogP contribution in [0.25, 0.3) is 5.95 Å². The Morgan fingerprint density at radius 3 is 3.04 bits per heavy atom. The fourth-order valence-electron chi connectivity index (χ4n) is 2.55. The third-order valence-electron chi connectivity index (χ3n) is 3.88. The van der Waals surface area contributed by atoms with E-state index in [9.17, 15) is 4.79 Å². The summed E-state index contributed by atoms with van der Waals surface area (Å²) in [7, 11) is 0. The Bertz CT molecular complexity index is 929. The van der Waals surface area contributed by atoms with Crippen LogP contribution in [0.3, 0.4) is 0 Å². The molecule has 0 radical (unpaired) electrons. The van der Waals surface area contributed by atoms with E-state index in [1.807, 2.05) is 18.2 Å². The van der Waals surface area contributed by atoms with Crippen LogP contribution in [-0.4, -0.2) is 45.4 Å². The smallest absolute Gasteiger partial charge is 0.258 e. The van der Waals surface area contributed by atoms with Crippen LogP contribution in [0.1, 0.15) is 5.56 Å². The van der Waals surface area contributed by atoms with E-state index in [1.54, 1.807) is 35.6 Å². The van der Waals surface area contributed by atoms with Crippen LogP contribution in [0, 0.1) is 0 Å². The van der Waals surface area contributed by atoms with Gasteiger partial charge in [0.1, 0.15) is 6.33 Å². The summed E-state index contributed by atoms with van der Waals surface area (Å²) in [5.41, 5.74) is 1.06. The highest BCUT2D eigenvalue weighted by molar-refractivity contribution is 5.77. The molecule has 3 aromatic rings. The van der Waals surface area contributed by atoms with Crippen LogP contribution in [0.4, 0.5) is 0 Å². The van der Waals surface area contributed by atoms with Gasteiger partial charge in [-0.15, -0.1) is 0 Å². The van der Waals surface area contributed by atoms with Gasteiger partial charge in [0, 0.05) is 31.2 Å². The zero-order valence-electron chi connectivity index (χ0n) is 14.4. The van der Waals surface area contributed by atoms with Gasteiger partial charge in [-0.1, -0.05) is 6.07 Å². The van der Waals surface area contributed by atoms with Crippen molar-refractivity contribution < 1.29 is 19.0 Å². The van der Waals surface area contributed by atoms with Crippen LogP contribution < -0.4 is 19.5 Å². The highest BCUT2D eigenvalue weighted by Gasteiger charge is 2.13. The molecule has 0 fully saturated rings. The van der Waals surface area contributed by atoms with Crippen molar-refractivity contribution >= 4 is 5.91 Å². The van der Waals surface area contributed by atoms with E-state index in [0.29, 0.717) is 24.8 Å². The Morgan fingerprint density at radius 2 is 2.15 bits per heavy atom. The number of hydrogen-bond acceptors (Lipinski definition) is 7. The van der Waals surface area contributed by atoms with Crippen molar-refractivity contribution in [1.82, 2.24) is 24.8 Å². The monoisotopic (exact) mass is 367 g/mol. The Morgan fingerprint density at radius 1 is 1.22 bits per heavy atom. The molecule has 138 valence electrons. The number of ether oxygens (including phenoxy) is 3. The van der Waals surface area contributed by atoms with E-state index in [4.69, 9.17) is 14.2 Å². The third kappa shape index (κ3) is 4.14. The molecule has 3 heterocycles. The number of rotatable bonds is 7. The molecule has 0 saturated heterocycles. The van der Waals surface area contributed by atoms with Crippen LogP contribution in [0.5, 0.6) is 17.4 Å². The van der Waals surface area contributed by atoms with Crippen LogP contribution in [0.15, 0.2) is 49.2 Å². The topological polar surface area (TPSA) is 100 Å². The van der Waals surface area contributed by atoms with Gasteiger partial charge < -0.3 is 19.5 Å². The quantitative estimate of drug-likeness (QED) is 0.668. The molecule has 0 spiro atoms. The van der Waals surface area contributed by atoms with Crippen molar-refractivity contribution in [3.63, 3.8) is 0 Å². The Balaban J connectivity index is 1.24. The number of aromatic nitrogens is 4. The van der Waals surface area contributed by atoms with Crippen LogP contribution in [-0.2, 0) is 11.2 Å². The summed E-state index contributed by atoms with van der Waals surface area (Å²) in [6.45, 7) is 0.617. The molecule has 0 saturated carbocycles. The number of nitrogens with one attached hydrogen (secondary N) is 1. The van der Waals surface area contributed by atoms with Crippen molar-refractivity contribution in [2.24, 2.45) is 0 Å². The third-order valence-corrected chi connectivity index (χ3v) is 3.88. The predicted octanol–water partition coefficient (Wildman–Crippen LogP) is 1.13. The second-order valence-electron chi connectivity index (χ2n) is 5.74. The van der Waals surface area contributed by atoms with E-state index < -0.39 is 0 Å². The van der Waals surface area contributed by atoms with E-state index in [0.717, 1.165) is 17.1 Å². The van der Waals surface area contributed by atoms with Crippen LogP contribution >= 0.6 is 0 Å². The Kier molecular flexibility index (Phi) is 4.82. The van der Waals surface area contributed by atoms with Crippen molar-refractivity contribution in [3.8, 4) is 23.3 Å². The summed E-state index contributed by atoms with van der Waals surface area (Å²) in [5, 5.41) is 2.82. The molecule has 0 unspecified atom stereocenters. The van der Waals surface area contributed by atoms with Gasteiger partial charge in [0.05, 0.1) is 0 Å². The first-order valence-electron chi connectivity index (χ1n) is 8.37. The van der Waals surface area contributed by atoms with Crippen LogP contribution in [0.2, 0.25) is 0 Å². The number of carbonyl (C=O) groups is 1. The second-order valence-corrected chi connectivity index (χ2v) is 5.74. The number of hydrogen-bond donors (Lipinski definition) is 1. The van der Waals surface area contributed by atoms with E-state index in [2.05, 4.69) is 20.3 Å². The van der Waals surface area contributed by atoms with E-state index in [-0.39, 0.29) is 19.3 Å². The van der Waals surface area contributed by atoms with Gasteiger partial charge in [0.2, 0.25) is 18.6 Å². The fourth-order valence-corrected chi connectivity index (χ4v) is 2.55. The first-order chi connectivity index (χ1) is 13.3. The molecule has 2 aromatic heterocycles. The summed E-state index contributed by atoms with van der Waals surface area (Å²) in [4.78, 5) is 24.3. The number of nitrogens with zero attached hydrogens (tertiary/aromatic N) is 4. The molecule has 1 N–H and O–H groups in total. The number of amides is 1. The first kappa shape index (κ1) is 16.8. The number of benzene rings is 1. The molecule has 1 aliphatic heterocycles. The van der Waals surface area contributed by atoms with Crippen molar-refractivity contribution in [1.29, 1.82) is 0 Å². The number of imidazole rings is 1. The Hall–Kier alpha value is -3.62. The first-order valence-corrected chi connectivity index (χ1v) is 8.37. The molecule has 0 aliphatic carbocycles. The summed E-state index contributed by atoms with van der Waals surface area (Å²) in [5.74, 6) is 2.00. The van der Waals surface area contributed by atoms with Crippen molar-refractivity contribution in [3.05, 3.63) is 54.7 Å². The van der Waals surface area contributed by atoms with E-state index >= 15 is 0 Å². The van der Waals surface area contributed by atoms with Crippen molar-refractivity contribution in [2.75, 3.05) is 19.9 Å². The van der Waals surface area contributed by atoms with Gasteiger partial charge in [-0.2, -0.15) is 4.98 Å². The fraction of sp³-hybridized carbons (Fsp3) is 0.222. The lowest BCUT2D eigenvalue weighted by atomic mass is 10.1. The standard InChI is InChI=1S/C18H17N5O4/c24-16(20-5-3-13-1-2-14-15(9-13)27-12-26-14)10-25-17-4-6-21-18(22-17)23-8-7-19-11-23/h1-2,4,6-9,11H,3,5,10,12H2,(H,20,24). The molecule has 1 aliphatic rings. The van der Waals surface area contributed by atoms with Crippen molar-refractivity contribution in [2.45, 2.75) is 6.42 Å². The maximum absolute atomic E-state index is 12.0. The maximum Gasteiger partial charge on any atom is 0.258 e. The highest BCUT2D eigenvalue weighted by atomic mass is 16.7. The number of fused-ring (bicyclic) bond motifs is 1. The molecule has 9 heteroatoms. The molecule has 4 rings (SSSR count). The second kappa shape index (κ2) is 7.73. The minimum atomic E-state index is -0.224. The summed E-state index contributed by atoms with van der Waals surface area (Å²) in [6.07, 6.45) is 7.18. The largest absolute Gasteiger partial charge is 0.467 e. The summed E-state index contributed by atoms with van der Waals surface area (Å²) >= 11 is 0. The van der Waals surface area contributed by atoms with Gasteiger partial charge in [-0.05, 0) is 24.1 Å². The molecular formula is C18H17N5O4. The Labute approximate surface area is 154 Å². The normalized spacial score (nSPS) is 12.0. The maximum atomic E-state index is 12.0. The molecule has 0 atom stereocenters. The average molecular weight is 367 g/mol. The SMILES string of the molecule is O=C(COc1ccnc(-n2ccnc2)n1)NCCc1ccc2c(c1)OCO2. The minimum Gasteiger partial charge on any atom is -0.467 e. The van der Waals surface area contributed by atoms with Gasteiger partial charge in [0.25, 0.3) is 5.91 Å². The summed E-state index contributed by atoms with van der Waals surface area (Å²) in [6, 6.07) is 7.34. The average Bonchev–Trinajstić information content (AvgIpc) is 3.38. The lowest BCUT2D eigenvalue weighted by Gasteiger charge is -2.08. The zero-order chi connectivity index (χ0) is 18.5. The molecule has 0 bridgehead atoms. The lowest BCUT2D eigenvalue weighted by Crippen LogP contribution is -2.30. The molecule has 27 heavy (non-hydrogen) atoms. The van der Waals surface area contributed by atoms with Gasteiger partial charge in [-0.25, -0.2) is 9.97 Å². The van der Waals surface area contributed by atoms with Gasteiger partial charge in [0.15, 0.2) is 18.1 Å². The molecule has 9 nitrogen and oxygen atoms in total.